The second-order valence-electron chi connectivity index (χ2n) is 2.33. The number of hydrogen-bond acceptors (Lipinski definition) is 2. The maximum Gasteiger partial charge on any atom is 0.0685 e. The molecule has 1 aromatic carbocycles. The van der Waals surface area contributed by atoms with Gasteiger partial charge >= 0.3 is 0 Å². The van der Waals surface area contributed by atoms with Crippen molar-refractivity contribution < 1.29 is 0 Å². The molecule has 4 heteroatoms. The van der Waals surface area contributed by atoms with Crippen molar-refractivity contribution in [2.45, 2.75) is 0 Å². The molecule has 3 nitrogen and oxygen atoms in total. The van der Waals surface area contributed by atoms with E-state index in [0.29, 0.717) is 10.7 Å². The Kier molecular flexibility index (Phi) is 1.26. The molecule has 2 aromatic rings. The van der Waals surface area contributed by atoms with E-state index >= 15 is 0 Å². The fourth-order valence-electron chi connectivity index (χ4n) is 1.03. The summed E-state index contributed by atoms with van der Waals surface area (Å²) in [6, 6.07) is 3.51. The second kappa shape index (κ2) is 2.13. The molecule has 0 aliphatic carbocycles. The summed E-state index contributed by atoms with van der Waals surface area (Å²) in [4.78, 5) is 0. The Bertz CT molecular complexity index is 393. The SMILES string of the molecule is Nc1cc(Cl)c2cn[nH]c2c1. The van der Waals surface area contributed by atoms with E-state index in [1.165, 1.54) is 0 Å². The summed E-state index contributed by atoms with van der Waals surface area (Å²) in [5.74, 6) is 0. The van der Waals surface area contributed by atoms with Crippen LogP contribution >= 0.6 is 11.6 Å². The van der Waals surface area contributed by atoms with Gasteiger partial charge in [0.15, 0.2) is 0 Å². The zero-order chi connectivity index (χ0) is 7.84. The average Bonchev–Trinajstić information content (AvgIpc) is 2.34. The molecule has 0 fully saturated rings. The minimum absolute atomic E-state index is 0.633. The molecule has 0 saturated carbocycles. The molecular formula is C7H6ClN3. The smallest absolute Gasteiger partial charge is 0.0685 e. The van der Waals surface area contributed by atoms with E-state index < -0.39 is 0 Å². The van der Waals surface area contributed by atoms with Crippen LogP contribution in [0.2, 0.25) is 5.02 Å². The molecule has 0 saturated heterocycles. The number of nitrogens with one attached hydrogen (secondary N) is 1. The highest BCUT2D eigenvalue weighted by Crippen LogP contribution is 2.24. The monoisotopic (exact) mass is 167 g/mol. The lowest BCUT2D eigenvalue weighted by Crippen LogP contribution is -1.83. The van der Waals surface area contributed by atoms with E-state index in [4.69, 9.17) is 17.3 Å². The minimum atomic E-state index is 0.633. The number of nitrogen functional groups attached to an aromatic ring is 1. The number of benzene rings is 1. The quantitative estimate of drug-likeness (QED) is 0.588. The molecule has 1 heterocycles. The van der Waals surface area contributed by atoms with Gasteiger partial charge in [0, 0.05) is 11.1 Å². The van der Waals surface area contributed by atoms with Crippen molar-refractivity contribution in [3.63, 3.8) is 0 Å². The predicted octanol–water partition coefficient (Wildman–Crippen LogP) is 1.80. The first-order chi connectivity index (χ1) is 5.27. The van der Waals surface area contributed by atoms with Gasteiger partial charge in [-0.25, -0.2) is 0 Å². The Balaban J connectivity index is 2.91. The molecule has 56 valence electrons. The molecule has 0 radical (unpaired) electrons. The largest absolute Gasteiger partial charge is 0.399 e. The van der Waals surface area contributed by atoms with Gasteiger partial charge in [-0.15, -0.1) is 0 Å². The number of H-pyrrole nitrogens is 1. The molecule has 0 aliphatic rings. The van der Waals surface area contributed by atoms with E-state index in [2.05, 4.69) is 10.2 Å². The van der Waals surface area contributed by atoms with Gasteiger partial charge in [-0.05, 0) is 12.1 Å². The van der Waals surface area contributed by atoms with Crippen LogP contribution in [0.5, 0.6) is 0 Å². The molecule has 0 aliphatic heterocycles. The Morgan fingerprint density at radius 3 is 3.09 bits per heavy atom. The lowest BCUT2D eigenvalue weighted by Gasteiger charge is -1.94. The van der Waals surface area contributed by atoms with Gasteiger partial charge in [0.1, 0.15) is 0 Å². The van der Waals surface area contributed by atoms with Crippen LogP contribution in [0.15, 0.2) is 18.3 Å². The van der Waals surface area contributed by atoms with Crippen LogP contribution < -0.4 is 5.73 Å². The third-order valence-corrected chi connectivity index (χ3v) is 1.84. The first-order valence-electron chi connectivity index (χ1n) is 3.15. The Hall–Kier alpha value is -1.22. The van der Waals surface area contributed by atoms with E-state index in [1.807, 2.05) is 0 Å². The van der Waals surface area contributed by atoms with Crippen LogP contribution in [-0.4, -0.2) is 10.2 Å². The zero-order valence-electron chi connectivity index (χ0n) is 5.63. The normalized spacial score (nSPS) is 10.6. The van der Waals surface area contributed by atoms with Gasteiger partial charge in [-0.2, -0.15) is 5.10 Å². The van der Waals surface area contributed by atoms with Crippen LogP contribution in [0.3, 0.4) is 0 Å². The zero-order valence-corrected chi connectivity index (χ0v) is 6.39. The van der Waals surface area contributed by atoms with Gasteiger partial charge in [0.2, 0.25) is 0 Å². The highest BCUT2D eigenvalue weighted by molar-refractivity contribution is 6.35. The standard InChI is InChI=1S/C7H6ClN3/c8-6-1-4(9)2-7-5(6)3-10-11-7/h1-3H,9H2,(H,10,11). The van der Waals surface area contributed by atoms with Gasteiger partial charge in [-0.1, -0.05) is 11.6 Å². The summed E-state index contributed by atoms with van der Waals surface area (Å²) < 4.78 is 0. The van der Waals surface area contributed by atoms with Crippen molar-refractivity contribution in [3.05, 3.63) is 23.4 Å². The highest BCUT2D eigenvalue weighted by atomic mass is 35.5. The third-order valence-electron chi connectivity index (χ3n) is 1.53. The predicted molar refractivity (Wildman–Crippen MR) is 45.5 cm³/mol. The number of halogens is 1. The first-order valence-corrected chi connectivity index (χ1v) is 3.53. The molecule has 0 atom stereocenters. The highest BCUT2D eigenvalue weighted by Gasteiger charge is 2.00. The maximum absolute atomic E-state index is 5.86. The van der Waals surface area contributed by atoms with E-state index in [0.717, 1.165) is 10.9 Å². The molecule has 0 bridgehead atoms. The number of fused-ring (bicyclic) bond motifs is 1. The molecule has 0 spiro atoms. The van der Waals surface area contributed by atoms with Crippen molar-refractivity contribution in [3.8, 4) is 0 Å². The summed E-state index contributed by atoms with van der Waals surface area (Å²) >= 11 is 5.86. The number of anilines is 1. The topological polar surface area (TPSA) is 54.7 Å². The van der Waals surface area contributed by atoms with Crippen LogP contribution in [0, 0.1) is 0 Å². The van der Waals surface area contributed by atoms with E-state index in [-0.39, 0.29) is 0 Å². The number of hydrogen-bond donors (Lipinski definition) is 2. The van der Waals surface area contributed by atoms with Crippen LogP contribution in [0.4, 0.5) is 5.69 Å². The molecular weight excluding hydrogens is 162 g/mol. The molecule has 3 N–H and O–H groups in total. The van der Waals surface area contributed by atoms with Crippen molar-refractivity contribution in [2.75, 3.05) is 5.73 Å². The van der Waals surface area contributed by atoms with Gasteiger partial charge in [0.05, 0.1) is 16.7 Å². The first kappa shape index (κ1) is 6.49. The Morgan fingerprint density at radius 1 is 1.45 bits per heavy atom. The number of aromatic nitrogens is 2. The number of aromatic amines is 1. The van der Waals surface area contributed by atoms with Crippen molar-refractivity contribution >= 4 is 28.2 Å². The van der Waals surface area contributed by atoms with Crippen molar-refractivity contribution in [1.82, 2.24) is 10.2 Å². The second-order valence-corrected chi connectivity index (χ2v) is 2.74. The fourth-order valence-corrected chi connectivity index (χ4v) is 1.31. The summed E-state index contributed by atoms with van der Waals surface area (Å²) in [5, 5.41) is 8.16. The lowest BCUT2D eigenvalue weighted by molar-refractivity contribution is 1.12. The van der Waals surface area contributed by atoms with Crippen LogP contribution in [0.1, 0.15) is 0 Å². The Morgan fingerprint density at radius 2 is 2.27 bits per heavy atom. The van der Waals surface area contributed by atoms with E-state index in [1.54, 1.807) is 18.3 Å². The molecule has 0 amide bonds. The van der Waals surface area contributed by atoms with E-state index in [9.17, 15) is 0 Å². The van der Waals surface area contributed by atoms with Crippen molar-refractivity contribution in [1.29, 1.82) is 0 Å². The molecule has 2 rings (SSSR count). The summed E-state index contributed by atoms with van der Waals surface area (Å²) in [6.45, 7) is 0. The summed E-state index contributed by atoms with van der Waals surface area (Å²) in [5.41, 5.74) is 7.07. The number of rotatable bonds is 0. The molecule has 1 aromatic heterocycles. The molecule has 0 unspecified atom stereocenters. The number of nitrogens with two attached hydrogens (primary N) is 1. The average molecular weight is 168 g/mol. The summed E-state index contributed by atoms with van der Waals surface area (Å²) in [6.07, 6.45) is 1.68. The van der Waals surface area contributed by atoms with Gasteiger partial charge in [0.25, 0.3) is 0 Å². The molecule has 11 heavy (non-hydrogen) atoms. The fraction of sp³-hybridized carbons (Fsp3) is 0. The van der Waals surface area contributed by atoms with Crippen LogP contribution in [-0.2, 0) is 0 Å². The maximum atomic E-state index is 5.86. The van der Waals surface area contributed by atoms with Gasteiger partial charge in [-0.3, -0.25) is 5.10 Å². The lowest BCUT2D eigenvalue weighted by atomic mass is 10.2. The third kappa shape index (κ3) is 0.935. The van der Waals surface area contributed by atoms with Crippen LogP contribution in [0.25, 0.3) is 10.9 Å². The van der Waals surface area contributed by atoms with Gasteiger partial charge < -0.3 is 5.73 Å². The van der Waals surface area contributed by atoms with Crippen molar-refractivity contribution in [2.24, 2.45) is 0 Å². The summed E-state index contributed by atoms with van der Waals surface area (Å²) in [7, 11) is 0. The number of nitrogens with zero attached hydrogens (tertiary/aromatic N) is 1. The minimum Gasteiger partial charge on any atom is -0.399 e. The Labute approximate surface area is 68.2 Å².